The molecule has 0 radical (unpaired) electrons. The van der Waals surface area contributed by atoms with Gasteiger partial charge in [0.25, 0.3) is 0 Å². The standard InChI is InChI=1S/C12H10O.Na.2H2O4S/c1-3-7-11(8-4-1)13-12-9-5-2-6-10-12;;2*1-5(2,3)4/h1-10H;;2*(H2,1,2,3,4)/q;+1;;/p-1. The van der Waals surface area contributed by atoms with Crippen LogP contribution in [0.25, 0.3) is 0 Å². The molecule has 0 saturated heterocycles. The van der Waals surface area contributed by atoms with E-state index in [4.69, 9.17) is 39.8 Å². The number of hydrogen-bond donors (Lipinski definition) is 3. The molecule has 2 aromatic rings. The topological polar surface area (TPSA) is 161 Å². The fraction of sp³-hybridized carbons (Fsp3) is 0. The van der Waals surface area contributed by atoms with Crippen molar-refractivity contribution < 1.29 is 69.3 Å². The van der Waals surface area contributed by atoms with E-state index >= 15 is 0 Å². The second-order valence-corrected chi connectivity index (χ2v) is 5.35. The van der Waals surface area contributed by atoms with Crippen LogP contribution >= 0.6 is 0 Å². The second kappa shape index (κ2) is 12.4. The van der Waals surface area contributed by atoms with E-state index in [2.05, 4.69) is 0 Å². The van der Waals surface area contributed by atoms with Gasteiger partial charge >= 0.3 is 40.0 Å². The number of hydrogen-bond acceptors (Lipinski definition) is 6. The molecule has 0 aromatic heterocycles. The Morgan fingerprint density at radius 1 is 0.708 bits per heavy atom. The first-order valence-corrected chi connectivity index (χ1v) is 8.37. The van der Waals surface area contributed by atoms with Crippen molar-refractivity contribution in [2.24, 2.45) is 0 Å². The molecule has 0 spiro atoms. The van der Waals surface area contributed by atoms with E-state index in [1.807, 2.05) is 60.7 Å². The van der Waals surface area contributed by atoms with Crippen LogP contribution in [-0.2, 0) is 20.8 Å². The molecule has 2 aromatic carbocycles. The van der Waals surface area contributed by atoms with Crippen LogP contribution in [0, 0.1) is 0 Å². The van der Waals surface area contributed by atoms with Crippen molar-refractivity contribution in [3.8, 4) is 11.5 Å². The molecule has 9 nitrogen and oxygen atoms in total. The van der Waals surface area contributed by atoms with Gasteiger partial charge in [0.05, 0.1) is 0 Å². The SMILES string of the molecule is O=S(=O)(O)O.O=S(=O)([O-])O.[Na+].c1ccc(Oc2ccccc2)cc1. The molecule has 0 fully saturated rings. The maximum absolute atomic E-state index is 8.74. The molecule has 0 unspecified atom stereocenters. The number of ether oxygens (including phenoxy) is 1. The number of para-hydroxylation sites is 2. The molecular weight excluding hydrogens is 375 g/mol. The van der Waals surface area contributed by atoms with Crippen LogP contribution in [0.5, 0.6) is 11.5 Å². The van der Waals surface area contributed by atoms with Gasteiger partial charge in [-0.3, -0.25) is 13.7 Å². The minimum Gasteiger partial charge on any atom is -0.726 e. The van der Waals surface area contributed by atoms with Crippen LogP contribution < -0.4 is 34.3 Å². The molecular formula is C12H13NaO9S2. The van der Waals surface area contributed by atoms with Gasteiger partial charge in [-0.15, -0.1) is 0 Å². The third-order valence-electron chi connectivity index (χ3n) is 1.72. The first-order chi connectivity index (χ1) is 10.4. The number of rotatable bonds is 2. The van der Waals surface area contributed by atoms with Crippen LogP contribution in [0.2, 0.25) is 0 Å². The fourth-order valence-electron chi connectivity index (χ4n) is 1.11. The maximum Gasteiger partial charge on any atom is 1.00 e. The fourth-order valence-corrected chi connectivity index (χ4v) is 1.11. The van der Waals surface area contributed by atoms with Gasteiger partial charge in [0.2, 0.25) is 10.4 Å². The van der Waals surface area contributed by atoms with Gasteiger partial charge in [0.15, 0.2) is 0 Å². The van der Waals surface area contributed by atoms with E-state index < -0.39 is 20.8 Å². The molecule has 3 N–H and O–H groups in total. The molecule has 0 atom stereocenters. The van der Waals surface area contributed by atoms with Crippen molar-refractivity contribution in [3.05, 3.63) is 60.7 Å². The zero-order valence-corrected chi connectivity index (χ0v) is 16.0. The molecule has 0 aliphatic carbocycles. The quantitative estimate of drug-likeness (QED) is 0.327. The summed E-state index contributed by atoms with van der Waals surface area (Å²) in [5, 5.41) is 0. The minimum atomic E-state index is -4.92. The molecule has 128 valence electrons. The summed E-state index contributed by atoms with van der Waals surface area (Å²) >= 11 is 0. The van der Waals surface area contributed by atoms with Crippen molar-refractivity contribution in [1.29, 1.82) is 0 Å². The molecule has 0 saturated carbocycles. The van der Waals surface area contributed by atoms with Gasteiger partial charge in [0, 0.05) is 0 Å². The van der Waals surface area contributed by atoms with E-state index in [1.54, 1.807) is 0 Å². The van der Waals surface area contributed by atoms with Gasteiger partial charge in [-0.1, -0.05) is 36.4 Å². The monoisotopic (exact) mass is 388 g/mol. The zero-order valence-electron chi connectivity index (χ0n) is 12.4. The Hall–Kier alpha value is -1.02. The predicted octanol–water partition coefficient (Wildman–Crippen LogP) is -1.17. The summed E-state index contributed by atoms with van der Waals surface area (Å²) in [5.41, 5.74) is 0. The van der Waals surface area contributed by atoms with E-state index in [-0.39, 0.29) is 29.6 Å². The summed E-state index contributed by atoms with van der Waals surface area (Å²) in [6, 6.07) is 19.5. The summed E-state index contributed by atoms with van der Waals surface area (Å²) in [7, 11) is -9.58. The third kappa shape index (κ3) is 23.2. The number of benzene rings is 2. The van der Waals surface area contributed by atoms with E-state index in [9.17, 15) is 0 Å². The largest absolute Gasteiger partial charge is 1.00 e. The van der Waals surface area contributed by atoms with E-state index in [0.29, 0.717) is 0 Å². The van der Waals surface area contributed by atoms with E-state index in [1.165, 1.54) is 0 Å². The van der Waals surface area contributed by atoms with Crippen molar-refractivity contribution in [2.75, 3.05) is 0 Å². The van der Waals surface area contributed by atoms with Gasteiger partial charge in [-0.05, 0) is 24.3 Å². The van der Waals surface area contributed by atoms with Gasteiger partial charge in [0.1, 0.15) is 11.5 Å². The first kappa shape index (κ1) is 25.2. The Bertz CT molecular complexity index is 679. The molecule has 12 heteroatoms. The van der Waals surface area contributed by atoms with Gasteiger partial charge < -0.3 is 9.29 Å². The summed E-state index contributed by atoms with van der Waals surface area (Å²) < 4.78 is 70.0. The molecule has 0 aliphatic heterocycles. The molecule has 0 bridgehead atoms. The smallest absolute Gasteiger partial charge is 0.726 e. The Balaban J connectivity index is 0. The van der Waals surface area contributed by atoms with Crippen molar-refractivity contribution in [1.82, 2.24) is 0 Å². The maximum atomic E-state index is 8.74. The second-order valence-electron chi connectivity index (χ2n) is 3.60. The minimum absolute atomic E-state index is 0. The van der Waals surface area contributed by atoms with Crippen LogP contribution in [0.1, 0.15) is 0 Å². The van der Waals surface area contributed by atoms with Crippen LogP contribution in [0.15, 0.2) is 60.7 Å². The molecule has 2 rings (SSSR count). The predicted molar refractivity (Wildman–Crippen MR) is 79.5 cm³/mol. The normalized spacial score (nSPS) is 10.0. The zero-order chi connectivity index (χ0) is 17.9. The first-order valence-electron chi connectivity index (χ1n) is 5.61. The average molecular weight is 388 g/mol. The van der Waals surface area contributed by atoms with E-state index in [0.717, 1.165) is 11.5 Å². The molecule has 24 heavy (non-hydrogen) atoms. The van der Waals surface area contributed by atoms with Crippen molar-refractivity contribution in [2.45, 2.75) is 0 Å². The summed E-state index contributed by atoms with van der Waals surface area (Å²) in [6.07, 6.45) is 0. The average Bonchev–Trinajstić information content (AvgIpc) is 2.37. The Labute approximate surface area is 161 Å². The third-order valence-corrected chi connectivity index (χ3v) is 1.72. The summed E-state index contributed by atoms with van der Waals surface area (Å²) in [6.45, 7) is 0. The Kier molecular flexibility index (Phi) is 13.0. The van der Waals surface area contributed by atoms with Crippen LogP contribution in [0.3, 0.4) is 0 Å². The van der Waals surface area contributed by atoms with Gasteiger partial charge in [-0.2, -0.15) is 8.42 Å². The van der Waals surface area contributed by atoms with Crippen LogP contribution in [-0.4, -0.2) is 35.0 Å². The molecule has 0 amide bonds. The molecule has 0 aliphatic rings. The van der Waals surface area contributed by atoms with Crippen molar-refractivity contribution in [3.63, 3.8) is 0 Å². The summed E-state index contributed by atoms with van der Waals surface area (Å²) in [4.78, 5) is 0. The summed E-state index contributed by atoms with van der Waals surface area (Å²) in [5.74, 6) is 1.74. The van der Waals surface area contributed by atoms with Crippen LogP contribution in [0.4, 0.5) is 0 Å². The Morgan fingerprint density at radius 2 is 0.917 bits per heavy atom. The Morgan fingerprint density at radius 3 is 1.12 bits per heavy atom. The van der Waals surface area contributed by atoms with Crippen molar-refractivity contribution >= 4 is 20.8 Å². The van der Waals surface area contributed by atoms with Gasteiger partial charge in [-0.25, -0.2) is 8.42 Å². The molecule has 0 heterocycles.